The van der Waals surface area contributed by atoms with Crippen LogP contribution in [0.25, 0.3) is 0 Å². The molecule has 1 amide bonds. The standard InChI is InChI=1S/C57H110NO10P/c1-3-5-7-9-11-13-15-17-19-21-23-25-27-29-31-33-35-37-39-41-43-45-47-49-56(61)66-50-53(59)51-67-69(64,65)68-52-54(57(62)63)58-55(60)48-46-44-42-40-38-36-34-32-30-28-26-24-22-20-18-16-14-12-10-8-6-4-2/h17,19,53-54,59H,3-16,18,20-52H2,1-2H3,(H,58,60)(H,62,63)(H,64,65)/b19-17+. The number of aliphatic hydroxyl groups excluding tert-OH is 1. The maximum atomic E-state index is 12.4. The normalized spacial score (nSPS) is 13.4. The Bertz CT molecular complexity index is 1220. The first-order chi connectivity index (χ1) is 33.6. The average molecular weight is 1000 g/mol. The van der Waals surface area contributed by atoms with E-state index in [0.29, 0.717) is 12.8 Å². The Kier molecular flexibility index (Phi) is 51.2. The van der Waals surface area contributed by atoms with Gasteiger partial charge in [0.05, 0.1) is 13.2 Å². The molecule has 0 aliphatic rings. The summed E-state index contributed by atoms with van der Waals surface area (Å²) in [6.07, 6.45) is 58.1. The van der Waals surface area contributed by atoms with Gasteiger partial charge in [-0.05, 0) is 38.5 Å². The summed E-state index contributed by atoms with van der Waals surface area (Å²) in [6, 6.07) is -1.54. The van der Waals surface area contributed by atoms with Gasteiger partial charge in [-0.2, -0.15) is 0 Å². The van der Waals surface area contributed by atoms with E-state index >= 15 is 0 Å². The third-order valence-electron chi connectivity index (χ3n) is 13.3. The molecule has 0 aromatic carbocycles. The summed E-state index contributed by atoms with van der Waals surface area (Å²) in [7, 11) is -4.76. The van der Waals surface area contributed by atoms with Crippen LogP contribution in [0.5, 0.6) is 0 Å². The van der Waals surface area contributed by atoms with Crippen LogP contribution in [0.15, 0.2) is 12.2 Å². The first kappa shape index (κ1) is 67.2. The van der Waals surface area contributed by atoms with Gasteiger partial charge in [-0.3, -0.25) is 18.6 Å². The number of carboxylic acids is 1. The van der Waals surface area contributed by atoms with Crippen LogP contribution in [0.1, 0.15) is 303 Å². The lowest BCUT2D eigenvalue weighted by atomic mass is 10.0. The molecular weight excluding hydrogens is 890 g/mol. The fraction of sp³-hybridized carbons (Fsp3) is 0.912. The summed E-state index contributed by atoms with van der Waals surface area (Å²) >= 11 is 0. The van der Waals surface area contributed by atoms with E-state index in [4.69, 9.17) is 13.8 Å². The highest BCUT2D eigenvalue weighted by Crippen LogP contribution is 2.43. The van der Waals surface area contributed by atoms with Crippen molar-refractivity contribution in [1.82, 2.24) is 5.32 Å². The highest BCUT2D eigenvalue weighted by Gasteiger charge is 2.28. The van der Waals surface area contributed by atoms with Gasteiger partial charge in [-0.25, -0.2) is 9.36 Å². The van der Waals surface area contributed by atoms with Crippen molar-refractivity contribution in [3.63, 3.8) is 0 Å². The number of phosphoric ester groups is 1. The smallest absolute Gasteiger partial charge is 0.472 e. The molecule has 408 valence electrons. The predicted octanol–water partition coefficient (Wildman–Crippen LogP) is 16.7. The number of ether oxygens (including phenoxy) is 1. The number of phosphoric acid groups is 1. The van der Waals surface area contributed by atoms with Crippen LogP contribution in [-0.4, -0.2) is 64.9 Å². The van der Waals surface area contributed by atoms with E-state index < -0.39 is 57.6 Å². The molecule has 0 saturated carbocycles. The number of carboxylic acid groups (broad SMARTS) is 1. The molecule has 4 N–H and O–H groups in total. The second-order valence-corrected chi connectivity index (χ2v) is 21.6. The average Bonchev–Trinajstić information content (AvgIpc) is 3.33. The molecule has 0 heterocycles. The van der Waals surface area contributed by atoms with Crippen LogP contribution in [0, 0.1) is 0 Å². The van der Waals surface area contributed by atoms with Crippen LogP contribution < -0.4 is 5.32 Å². The molecule has 0 aromatic heterocycles. The summed E-state index contributed by atoms with van der Waals surface area (Å²) in [5.74, 6) is -2.35. The van der Waals surface area contributed by atoms with Crippen molar-refractivity contribution in [2.24, 2.45) is 0 Å². The van der Waals surface area contributed by atoms with Gasteiger partial charge in [0.1, 0.15) is 12.7 Å². The van der Waals surface area contributed by atoms with E-state index in [2.05, 4.69) is 31.3 Å². The van der Waals surface area contributed by atoms with Gasteiger partial charge in [-0.15, -0.1) is 0 Å². The molecule has 69 heavy (non-hydrogen) atoms. The van der Waals surface area contributed by atoms with Crippen molar-refractivity contribution in [2.45, 2.75) is 315 Å². The summed E-state index contributed by atoms with van der Waals surface area (Å²) in [6.45, 7) is 2.67. The molecule has 3 unspecified atom stereocenters. The predicted molar refractivity (Wildman–Crippen MR) is 287 cm³/mol. The van der Waals surface area contributed by atoms with Crippen LogP contribution in [0.2, 0.25) is 0 Å². The number of unbranched alkanes of at least 4 members (excludes halogenated alkanes) is 40. The molecule has 3 atom stereocenters. The zero-order chi connectivity index (χ0) is 50.6. The summed E-state index contributed by atoms with van der Waals surface area (Å²) in [5.41, 5.74) is 0. The summed E-state index contributed by atoms with van der Waals surface area (Å²) < 4.78 is 27.0. The molecule has 0 aromatic rings. The number of esters is 1. The molecule has 0 aliphatic heterocycles. The highest BCUT2D eigenvalue weighted by molar-refractivity contribution is 7.47. The maximum absolute atomic E-state index is 12.4. The highest BCUT2D eigenvalue weighted by atomic mass is 31.2. The summed E-state index contributed by atoms with van der Waals surface area (Å²) in [4.78, 5) is 46.3. The minimum absolute atomic E-state index is 0.152. The Morgan fingerprint density at radius 2 is 0.754 bits per heavy atom. The van der Waals surface area contributed by atoms with Crippen LogP contribution in [-0.2, 0) is 32.7 Å². The van der Waals surface area contributed by atoms with Gasteiger partial charge in [0.15, 0.2) is 6.04 Å². The Balaban J connectivity index is 3.73. The largest absolute Gasteiger partial charge is 0.480 e. The molecule has 0 saturated heterocycles. The van der Waals surface area contributed by atoms with Gasteiger partial charge in [-0.1, -0.05) is 264 Å². The van der Waals surface area contributed by atoms with Gasteiger partial charge in [0.2, 0.25) is 5.91 Å². The number of rotatable bonds is 56. The minimum Gasteiger partial charge on any atom is -0.480 e. The Labute approximate surface area is 424 Å². The topological polar surface area (TPSA) is 169 Å². The molecule has 0 bridgehead atoms. The summed E-state index contributed by atoms with van der Waals surface area (Å²) in [5, 5.41) is 22.0. The molecule has 11 nitrogen and oxygen atoms in total. The van der Waals surface area contributed by atoms with E-state index in [0.717, 1.165) is 38.5 Å². The number of hydrogen-bond acceptors (Lipinski definition) is 8. The zero-order valence-electron chi connectivity index (χ0n) is 44.9. The molecule has 0 rings (SSSR count). The van der Waals surface area contributed by atoms with Gasteiger partial charge >= 0.3 is 19.8 Å². The second kappa shape index (κ2) is 52.5. The van der Waals surface area contributed by atoms with Crippen molar-refractivity contribution in [2.75, 3.05) is 19.8 Å². The van der Waals surface area contributed by atoms with Gasteiger partial charge < -0.3 is 25.2 Å². The number of aliphatic carboxylic acids is 1. The monoisotopic (exact) mass is 1000 g/mol. The maximum Gasteiger partial charge on any atom is 0.472 e. The molecule has 0 radical (unpaired) electrons. The Hall–Kier alpha value is -1.78. The molecular formula is C57H110NO10P. The molecule has 12 heteroatoms. The van der Waals surface area contributed by atoms with Gasteiger partial charge in [0.25, 0.3) is 0 Å². The third-order valence-corrected chi connectivity index (χ3v) is 14.3. The fourth-order valence-electron chi connectivity index (χ4n) is 8.79. The van der Waals surface area contributed by atoms with E-state index in [1.54, 1.807) is 0 Å². The second-order valence-electron chi connectivity index (χ2n) is 20.2. The van der Waals surface area contributed by atoms with Crippen molar-refractivity contribution >= 4 is 25.7 Å². The number of aliphatic hydroxyl groups is 1. The van der Waals surface area contributed by atoms with Crippen molar-refractivity contribution < 1.29 is 47.8 Å². The number of allylic oxidation sites excluding steroid dienone is 2. The van der Waals surface area contributed by atoms with Crippen molar-refractivity contribution in [3.05, 3.63) is 12.2 Å². The van der Waals surface area contributed by atoms with Crippen LogP contribution in [0.3, 0.4) is 0 Å². The van der Waals surface area contributed by atoms with Gasteiger partial charge in [0, 0.05) is 12.8 Å². The number of hydrogen-bond donors (Lipinski definition) is 4. The number of carbonyl (C=O) groups is 3. The first-order valence-electron chi connectivity index (χ1n) is 29.2. The van der Waals surface area contributed by atoms with E-state index in [1.807, 2.05) is 0 Å². The SMILES string of the molecule is CCCCCCCC/C=C/CCCCCCCCCCCCCCCC(=O)OCC(O)COP(=O)(O)OCC(NC(=O)CCCCCCCCCCCCCCCCCCCCCCCC)C(=O)O. The third kappa shape index (κ3) is 52.4. The van der Waals surface area contributed by atoms with Crippen LogP contribution >= 0.6 is 7.82 Å². The van der Waals surface area contributed by atoms with Crippen molar-refractivity contribution in [3.8, 4) is 0 Å². The Morgan fingerprint density at radius 3 is 1.10 bits per heavy atom. The number of nitrogens with one attached hydrogen (secondary N) is 1. The molecule has 0 fully saturated rings. The Morgan fingerprint density at radius 1 is 0.449 bits per heavy atom. The molecule has 0 aliphatic carbocycles. The zero-order valence-corrected chi connectivity index (χ0v) is 45.8. The first-order valence-corrected chi connectivity index (χ1v) is 30.7. The lowest BCUT2D eigenvalue weighted by Gasteiger charge is -2.18. The fourth-order valence-corrected chi connectivity index (χ4v) is 9.56. The minimum atomic E-state index is -4.76. The number of amides is 1. The lowest BCUT2D eigenvalue weighted by molar-refractivity contribution is -0.147. The lowest BCUT2D eigenvalue weighted by Crippen LogP contribution is -2.43. The number of carbonyl (C=O) groups excluding carboxylic acids is 2. The molecule has 0 spiro atoms. The van der Waals surface area contributed by atoms with E-state index in [1.165, 1.54) is 225 Å². The van der Waals surface area contributed by atoms with E-state index in [-0.39, 0.29) is 12.8 Å². The quantitative estimate of drug-likeness (QED) is 0.0199. The van der Waals surface area contributed by atoms with Crippen molar-refractivity contribution in [1.29, 1.82) is 0 Å². The van der Waals surface area contributed by atoms with E-state index in [9.17, 15) is 34.1 Å². The van der Waals surface area contributed by atoms with Crippen LogP contribution in [0.4, 0.5) is 0 Å².